The zero-order valence-corrected chi connectivity index (χ0v) is 20.0. The number of carboxylic acids is 1. The highest BCUT2D eigenvalue weighted by molar-refractivity contribution is 5.92. The number of fused-ring (bicyclic) bond motifs is 3. The monoisotopic (exact) mass is 476 g/mol. The number of hydrogen-bond acceptors (Lipinski definition) is 4. The van der Waals surface area contributed by atoms with Gasteiger partial charge in [0.2, 0.25) is 5.91 Å². The van der Waals surface area contributed by atoms with Crippen LogP contribution in [0.5, 0.6) is 0 Å². The summed E-state index contributed by atoms with van der Waals surface area (Å²) in [5.74, 6) is -1.06. The van der Waals surface area contributed by atoms with Crippen LogP contribution in [0.4, 0.5) is 4.79 Å². The van der Waals surface area contributed by atoms with Gasteiger partial charge in [0.1, 0.15) is 18.2 Å². The Kier molecular flexibility index (Phi) is 6.26. The van der Waals surface area contributed by atoms with E-state index >= 15 is 0 Å². The number of aliphatic carboxylic acids is 1. The number of amides is 2. The molecule has 0 spiro atoms. The highest BCUT2D eigenvalue weighted by Crippen LogP contribution is 2.44. The van der Waals surface area contributed by atoms with Gasteiger partial charge in [-0.3, -0.25) is 4.79 Å². The molecule has 2 fully saturated rings. The average Bonchev–Trinajstić information content (AvgIpc) is 3.65. The third kappa shape index (κ3) is 4.64. The molecule has 5 rings (SSSR count). The van der Waals surface area contributed by atoms with Crippen molar-refractivity contribution in [1.29, 1.82) is 0 Å². The number of benzene rings is 2. The Morgan fingerprint density at radius 1 is 0.971 bits per heavy atom. The van der Waals surface area contributed by atoms with Crippen molar-refractivity contribution in [2.24, 2.45) is 11.8 Å². The molecule has 0 saturated heterocycles. The molecule has 2 saturated carbocycles. The first-order chi connectivity index (χ1) is 16.9. The van der Waals surface area contributed by atoms with Gasteiger partial charge in [-0.05, 0) is 72.6 Å². The lowest BCUT2D eigenvalue weighted by Crippen LogP contribution is -2.61. The van der Waals surface area contributed by atoms with E-state index in [0.717, 1.165) is 47.9 Å². The Morgan fingerprint density at radius 3 is 2.09 bits per heavy atom. The molecule has 3 N–H and O–H groups in total. The summed E-state index contributed by atoms with van der Waals surface area (Å²) in [5, 5.41) is 15.4. The molecule has 0 bridgehead atoms. The van der Waals surface area contributed by atoms with Crippen LogP contribution in [0.3, 0.4) is 0 Å². The lowest BCUT2D eigenvalue weighted by molar-refractivity contribution is -0.150. The van der Waals surface area contributed by atoms with E-state index in [1.165, 1.54) is 0 Å². The number of hydrogen-bond donors (Lipinski definition) is 3. The second-order valence-electron chi connectivity index (χ2n) is 10.3. The number of nitrogens with one attached hydrogen (secondary N) is 2. The van der Waals surface area contributed by atoms with Crippen molar-refractivity contribution in [2.45, 2.75) is 62.9 Å². The van der Waals surface area contributed by atoms with Crippen molar-refractivity contribution >= 4 is 18.0 Å². The summed E-state index contributed by atoms with van der Waals surface area (Å²) in [4.78, 5) is 38.0. The molecule has 0 aliphatic heterocycles. The van der Waals surface area contributed by atoms with Crippen molar-refractivity contribution < 1.29 is 24.2 Å². The molecule has 1 atom stereocenters. The van der Waals surface area contributed by atoms with Crippen LogP contribution in [0.15, 0.2) is 48.5 Å². The standard InChI is InChI=1S/C28H32N2O5/c1-17-12-14-28(15-13-17,26(32)33)30-25(31)24(18-10-11-18)29-27(34)35-16-23-21-8-4-2-6-19(21)20-7-3-5-9-22(20)23/h2-9,17-18,23-24H,10-16H2,1H3,(H,29,34)(H,30,31)(H,32,33). The molecule has 184 valence electrons. The van der Waals surface area contributed by atoms with E-state index in [0.29, 0.717) is 18.8 Å². The predicted octanol–water partition coefficient (Wildman–Crippen LogP) is 4.45. The van der Waals surface area contributed by atoms with Gasteiger partial charge in [-0.25, -0.2) is 9.59 Å². The van der Waals surface area contributed by atoms with Crippen molar-refractivity contribution in [1.82, 2.24) is 10.6 Å². The van der Waals surface area contributed by atoms with E-state index in [2.05, 4.69) is 41.8 Å². The van der Waals surface area contributed by atoms with Gasteiger partial charge in [0.05, 0.1) is 0 Å². The normalized spacial score (nSPS) is 24.1. The first-order valence-electron chi connectivity index (χ1n) is 12.5. The van der Waals surface area contributed by atoms with Gasteiger partial charge in [0, 0.05) is 5.92 Å². The van der Waals surface area contributed by atoms with E-state index in [9.17, 15) is 19.5 Å². The van der Waals surface area contributed by atoms with Crippen molar-refractivity contribution in [3.8, 4) is 11.1 Å². The Morgan fingerprint density at radius 2 is 1.54 bits per heavy atom. The maximum absolute atomic E-state index is 13.2. The van der Waals surface area contributed by atoms with Gasteiger partial charge in [0.25, 0.3) is 0 Å². The van der Waals surface area contributed by atoms with Gasteiger partial charge >= 0.3 is 12.1 Å². The second kappa shape index (κ2) is 9.36. The van der Waals surface area contributed by atoms with Gasteiger partial charge in [-0.2, -0.15) is 0 Å². The quantitative estimate of drug-likeness (QED) is 0.548. The molecule has 7 nitrogen and oxygen atoms in total. The fraction of sp³-hybridized carbons (Fsp3) is 0.464. The summed E-state index contributed by atoms with van der Waals surface area (Å²) in [6.07, 6.45) is 3.29. The molecule has 7 heteroatoms. The van der Waals surface area contributed by atoms with Crippen molar-refractivity contribution in [3.05, 3.63) is 59.7 Å². The molecule has 2 amide bonds. The van der Waals surface area contributed by atoms with Crippen LogP contribution >= 0.6 is 0 Å². The number of carbonyl (C=O) groups is 3. The van der Waals surface area contributed by atoms with Crippen LogP contribution < -0.4 is 10.6 Å². The van der Waals surface area contributed by atoms with E-state index in [-0.39, 0.29) is 18.4 Å². The molecule has 0 aromatic heterocycles. The highest BCUT2D eigenvalue weighted by Gasteiger charge is 2.46. The molecule has 0 radical (unpaired) electrons. The van der Waals surface area contributed by atoms with Crippen molar-refractivity contribution in [2.75, 3.05) is 6.61 Å². The maximum atomic E-state index is 13.2. The molecule has 3 aliphatic rings. The number of alkyl carbamates (subject to hydrolysis) is 1. The molecule has 2 aromatic carbocycles. The number of carboxylic acid groups (broad SMARTS) is 1. The van der Waals surface area contributed by atoms with Crippen LogP contribution in [0, 0.1) is 11.8 Å². The van der Waals surface area contributed by atoms with Crippen LogP contribution in [0.25, 0.3) is 11.1 Å². The third-order valence-electron chi connectivity index (χ3n) is 7.89. The largest absolute Gasteiger partial charge is 0.480 e. The topological polar surface area (TPSA) is 105 Å². The predicted molar refractivity (Wildman–Crippen MR) is 131 cm³/mol. The van der Waals surface area contributed by atoms with E-state index in [1.807, 2.05) is 24.3 Å². The first-order valence-corrected chi connectivity index (χ1v) is 12.5. The summed E-state index contributed by atoms with van der Waals surface area (Å²) < 4.78 is 5.63. The number of rotatable bonds is 7. The van der Waals surface area contributed by atoms with Gasteiger partial charge in [0.15, 0.2) is 0 Å². The zero-order valence-electron chi connectivity index (χ0n) is 20.0. The van der Waals surface area contributed by atoms with Crippen molar-refractivity contribution in [3.63, 3.8) is 0 Å². The smallest absolute Gasteiger partial charge is 0.407 e. The summed E-state index contributed by atoms with van der Waals surface area (Å²) in [6, 6.07) is 15.4. The average molecular weight is 477 g/mol. The van der Waals surface area contributed by atoms with Gasteiger partial charge in [-0.1, -0.05) is 55.5 Å². The summed E-state index contributed by atoms with van der Waals surface area (Å²) in [7, 11) is 0. The van der Waals surface area contributed by atoms with Crippen LogP contribution in [-0.2, 0) is 14.3 Å². The number of carbonyl (C=O) groups excluding carboxylic acids is 2. The Labute approximate surface area is 205 Å². The molecule has 0 heterocycles. The van der Waals surface area contributed by atoms with Crippen LogP contribution in [0.1, 0.15) is 62.5 Å². The van der Waals surface area contributed by atoms with Gasteiger partial charge < -0.3 is 20.5 Å². The molecule has 3 aliphatic carbocycles. The van der Waals surface area contributed by atoms with E-state index in [4.69, 9.17) is 4.74 Å². The minimum Gasteiger partial charge on any atom is -0.480 e. The summed E-state index contributed by atoms with van der Waals surface area (Å²) in [6.45, 7) is 2.26. The SMILES string of the molecule is CC1CCC(NC(=O)C(NC(=O)OCC2c3ccccc3-c3ccccc32)C2CC2)(C(=O)O)CC1. The third-order valence-corrected chi connectivity index (χ3v) is 7.89. The molecular weight excluding hydrogens is 444 g/mol. The fourth-order valence-corrected chi connectivity index (χ4v) is 5.55. The Hall–Kier alpha value is -3.35. The second-order valence-corrected chi connectivity index (χ2v) is 10.3. The maximum Gasteiger partial charge on any atom is 0.407 e. The van der Waals surface area contributed by atoms with E-state index in [1.54, 1.807) is 0 Å². The Balaban J connectivity index is 1.24. The minimum absolute atomic E-state index is 0.00356. The zero-order chi connectivity index (χ0) is 24.6. The molecule has 35 heavy (non-hydrogen) atoms. The van der Waals surface area contributed by atoms with Crippen LogP contribution in [0.2, 0.25) is 0 Å². The van der Waals surface area contributed by atoms with E-state index < -0.39 is 29.6 Å². The molecular formula is C28H32N2O5. The van der Waals surface area contributed by atoms with Crippen LogP contribution in [-0.4, -0.2) is 41.3 Å². The van der Waals surface area contributed by atoms with Gasteiger partial charge in [-0.15, -0.1) is 0 Å². The lowest BCUT2D eigenvalue weighted by atomic mass is 9.77. The Bertz CT molecular complexity index is 1090. The summed E-state index contributed by atoms with van der Waals surface area (Å²) in [5.41, 5.74) is 3.27. The molecule has 1 unspecified atom stereocenters. The molecule has 2 aromatic rings. The highest BCUT2D eigenvalue weighted by atomic mass is 16.5. The number of ether oxygens (including phenoxy) is 1. The lowest BCUT2D eigenvalue weighted by Gasteiger charge is -2.37. The minimum atomic E-state index is -1.26. The fourth-order valence-electron chi connectivity index (χ4n) is 5.55. The summed E-state index contributed by atoms with van der Waals surface area (Å²) >= 11 is 0. The first kappa shape index (κ1) is 23.4.